The SMILES string of the molecule is CNS(=O)(=O)c1cc(/C=C/C[C@H](C)NC(=O)OC(C)(C)C)cnc1N. The Balaban J connectivity index is 2.71. The summed E-state index contributed by atoms with van der Waals surface area (Å²) < 4.78 is 31.1. The maximum atomic E-state index is 11.9. The van der Waals surface area contributed by atoms with E-state index >= 15 is 0 Å². The van der Waals surface area contributed by atoms with Gasteiger partial charge in [0.1, 0.15) is 16.3 Å². The Labute approximate surface area is 148 Å². The molecule has 0 radical (unpaired) electrons. The third-order valence-corrected chi connectivity index (χ3v) is 4.47. The number of sulfonamides is 1. The van der Waals surface area contributed by atoms with E-state index in [-0.39, 0.29) is 16.8 Å². The summed E-state index contributed by atoms with van der Waals surface area (Å²) in [6.45, 7) is 7.22. The number of hydrogen-bond donors (Lipinski definition) is 3. The summed E-state index contributed by atoms with van der Waals surface area (Å²) in [7, 11) is -2.36. The van der Waals surface area contributed by atoms with Gasteiger partial charge in [0.05, 0.1) is 0 Å². The van der Waals surface area contributed by atoms with Crippen LogP contribution in [0.2, 0.25) is 0 Å². The zero-order valence-corrected chi connectivity index (χ0v) is 16.0. The van der Waals surface area contributed by atoms with Crippen molar-refractivity contribution in [1.29, 1.82) is 0 Å². The van der Waals surface area contributed by atoms with Crippen molar-refractivity contribution in [2.45, 2.75) is 50.7 Å². The van der Waals surface area contributed by atoms with Gasteiger partial charge in [-0.1, -0.05) is 12.2 Å². The van der Waals surface area contributed by atoms with Crippen LogP contribution in [-0.2, 0) is 14.8 Å². The van der Waals surface area contributed by atoms with Crippen LogP contribution >= 0.6 is 0 Å². The maximum absolute atomic E-state index is 11.9. The van der Waals surface area contributed by atoms with E-state index in [9.17, 15) is 13.2 Å². The number of carbonyl (C=O) groups is 1. The highest BCUT2D eigenvalue weighted by atomic mass is 32.2. The van der Waals surface area contributed by atoms with Crippen molar-refractivity contribution in [3.8, 4) is 0 Å². The number of pyridine rings is 1. The second kappa shape index (κ2) is 8.30. The van der Waals surface area contributed by atoms with Gasteiger partial charge in [0.2, 0.25) is 10.0 Å². The van der Waals surface area contributed by atoms with Gasteiger partial charge in [-0.25, -0.2) is 22.9 Å². The standard InChI is InChI=1S/C16H26N4O4S/c1-11(20-15(21)24-16(2,3)4)7-6-8-12-9-13(14(17)19-10-12)25(22,23)18-5/h6,8-11,18H,7H2,1-5H3,(H2,17,19)(H,20,21)/b8-6+/t11-/m0/s1. The molecule has 0 saturated carbocycles. The molecule has 140 valence electrons. The van der Waals surface area contributed by atoms with Crippen LogP contribution in [0.5, 0.6) is 0 Å². The van der Waals surface area contributed by atoms with E-state index in [1.54, 1.807) is 26.8 Å². The van der Waals surface area contributed by atoms with Crippen LogP contribution in [0.1, 0.15) is 39.7 Å². The Morgan fingerprint density at radius 3 is 2.64 bits per heavy atom. The molecule has 0 aliphatic heterocycles. The molecule has 1 rings (SSSR count). The van der Waals surface area contributed by atoms with Gasteiger partial charge >= 0.3 is 6.09 Å². The number of carbonyl (C=O) groups excluding carboxylic acids is 1. The minimum atomic E-state index is -3.67. The molecule has 1 heterocycles. The Kier molecular flexibility index (Phi) is 6.95. The first-order valence-corrected chi connectivity index (χ1v) is 9.28. The lowest BCUT2D eigenvalue weighted by molar-refractivity contribution is 0.0509. The fraction of sp³-hybridized carbons (Fsp3) is 0.500. The van der Waals surface area contributed by atoms with E-state index in [0.29, 0.717) is 12.0 Å². The molecule has 0 bridgehead atoms. The minimum absolute atomic E-state index is 0.0635. The number of nitrogens with two attached hydrogens (primary N) is 1. The van der Waals surface area contributed by atoms with Gasteiger partial charge < -0.3 is 15.8 Å². The van der Waals surface area contributed by atoms with Crippen molar-refractivity contribution in [3.05, 3.63) is 23.9 Å². The van der Waals surface area contributed by atoms with Gasteiger partial charge in [0.25, 0.3) is 0 Å². The fourth-order valence-electron chi connectivity index (χ4n) is 1.86. The highest BCUT2D eigenvalue weighted by Crippen LogP contribution is 2.18. The van der Waals surface area contributed by atoms with Crippen LogP contribution in [0.4, 0.5) is 10.6 Å². The predicted octanol–water partition coefficient (Wildman–Crippen LogP) is 1.89. The van der Waals surface area contributed by atoms with E-state index in [2.05, 4.69) is 15.0 Å². The number of alkyl carbamates (subject to hydrolysis) is 1. The Morgan fingerprint density at radius 1 is 1.44 bits per heavy atom. The van der Waals surface area contributed by atoms with Crippen LogP contribution in [0.25, 0.3) is 6.08 Å². The topological polar surface area (TPSA) is 123 Å². The summed E-state index contributed by atoms with van der Waals surface area (Å²) in [5.41, 5.74) is 5.66. The summed E-state index contributed by atoms with van der Waals surface area (Å²) >= 11 is 0. The zero-order chi connectivity index (χ0) is 19.3. The van der Waals surface area contributed by atoms with Crippen LogP contribution in [0, 0.1) is 0 Å². The molecular weight excluding hydrogens is 344 g/mol. The molecule has 0 aromatic carbocycles. The van der Waals surface area contributed by atoms with Crippen LogP contribution in [0.15, 0.2) is 23.2 Å². The number of aromatic nitrogens is 1. The number of nitrogens with one attached hydrogen (secondary N) is 2. The van der Waals surface area contributed by atoms with Crippen molar-refractivity contribution in [1.82, 2.24) is 15.0 Å². The summed E-state index contributed by atoms with van der Waals surface area (Å²) in [5, 5.41) is 2.72. The number of anilines is 1. The smallest absolute Gasteiger partial charge is 0.407 e. The monoisotopic (exact) mass is 370 g/mol. The molecule has 8 nitrogen and oxygen atoms in total. The lowest BCUT2D eigenvalue weighted by Crippen LogP contribution is -2.37. The molecule has 0 aliphatic rings. The maximum Gasteiger partial charge on any atom is 0.407 e. The second-order valence-corrected chi connectivity index (χ2v) is 8.40. The molecule has 0 saturated heterocycles. The molecule has 0 aliphatic carbocycles. The van der Waals surface area contributed by atoms with Gasteiger partial charge in [0.15, 0.2) is 0 Å². The minimum Gasteiger partial charge on any atom is -0.444 e. The molecule has 4 N–H and O–H groups in total. The number of nitrogens with zero attached hydrogens (tertiary/aromatic N) is 1. The Bertz CT molecular complexity index is 739. The van der Waals surface area contributed by atoms with Gasteiger partial charge in [0, 0.05) is 12.2 Å². The number of hydrogen-bond acceptors (Lipinski definition) is 6. The summed E-state index contributed by atoms with van der Waals surface area (Å²) in [4.78, 5) is 15.5. The highest BCUT2D eigenvalue weighted by molar-refractivity contribution is 7.89. The van der Waals surface area contributed by atoms with Crippen LogP contribution in [-0.4, -0.2) is 38.2 Å². The Morgan fingerprint density at radius 2 is 2.08 bits per heavy atom. The summed E-state index contributed by atoms with van der Waals surface area (Å²) in [6.07, 6.45) is 5.06. The van der Waals surface area contributed by atoms with E-state index in [0.717, 1.165) is 0 Å². The summed E-state index contributed by atoms with van der Waals surface area (Å²) in [6, 6.07) is 1.30. The molecule has 9 heteroatoms. The number of ether oxygens (including phenoxy) is 1. The quantitative estimate of drug-likeness (QED) is 0.702. The van der Waals surface area contributed by atoms with Crippen LogP contribution < -0.4 is 15.8 Å². The molecule has 1 aromatic heterocycles. The first-order valence-electron chi connectivity index (χ1n) is 7.79. The molecule has 1 atom stereocenters. The van der Waals surface area contributed by atoms with Crippen molar-refractivity contribution in [2.75, 3.05) is 12.8 Å². The van der Waals surface area contributed by atoms with Gasteiger partial charge in [-0.3, -0.25) is 0 Å². The first-order chi connectivity index (χ1) is 11.4. The predicted molar refractivity (Wildman–Crippen MR) is 97.4 cm³/mol. The molecule has 25 heavy (non-hydrogen) atoms. The lowest BCUT2D eigenvalue weighted by Gasteiger charge is -2.21. The molecular formula is C16H26N4O4S. The third kappa shape index (κ3) is 7.10. The fourth-order valence-corrected chi connectivity index (χ4v) is 2.70. The van der Waals surface area contributed by atoms with Gasteiger partial charge in [-0.15, -0.1) is 0 Å². The molecule has 0 fully saturated rings. The molecule has 1 aromatic rings. The Hall–Kier alpha value is -2.13. The van der Waals surface area contributed by atoms with E-state index in [1.807, 2.05) is 13.0 Å². The molecule has 1 amide bonds. The zero-order valence-electron chi connectivity index (χ0n) is 15.2. The van der Waals surface area contributed by atoms with Crippen molar-refractivity contribution in [2.24, 2.45) is 0 Å². The van der Waals surface area contributed by atoms with Gasteiger partial charge in [-0.2, -0.15) is 0 Å². The van der Waals surface area contributed by atoms with E-state index in [1.165, 1.54) is 19.3 Å². The van der Waals surface area contributed by atoms with E-state index < -0.39 is 21.7 Å². The molecule has 0 unspecified atom stereocenters. The van der Waals surface area contributed by atoms with Crippen molar-refractivity contribution >= 4 is 28.0 Å². The molecule has 0 spiro atoms. The number of amides is 1. The first kappa shape index (κ1) is 20.9. The third-order valence-electron chi connectivity index (χ3n) is 3.02. The van der Waals surface area contributed by atoms with Crippen molar-refractivity contribution in [3.63, 3.8) is 0 Å². The van der Waals surface area contributed by atoms with Crippen LogP contribution in [0.3, 0.4) is 0 Å². The van der Waals surface area contributed by atoms with Crippen molar-refractivity contribution < 1.29 is 17.9 Å². The number of nitrogen functional groups attached to an aromatic ring is 1. The number of rotatable bonds is 6. The lowest BCUT2D eigenvalue weighted by atomic mass is 10.2. The summed E-state index contributed by atoms with van der Waals surface area (Å²) in [5.74, 6) is -0.0635. The van der Waals surface area contributed by atoms with Gasteiger partial charge in [-0.05, 0) is 52.8 Å². The highest BCUT2D eigenvalue weighted by Gasteiger charge is 2.18. The average Bonchev–Trinajstić information content (AvgIpc) is 2.46. The normalized spacial score (nSPS) is 13.6. The van der Waals surface area contributed by atoms with E-state index in [4.69, 9.17) is 10.5 Å². The largest absolute Gasteiger partial charge is 0.444 e. The second-order valence-electron chi connectivity index (χ2n) is 6.54. The average molecular weight is 370 g/mol.